The van der Waals surface area contributed by atoms with Gasteiger partial charge in [0.15, 0.2) is 12.1 Å². The summed E-state index contributed by atoms with van der Waals surface area (Å²) in [6, 6.07) is 9.63. The molecule has 0 aromatic heterocycles. The molecule has 1 heterocycles. The topological polar surface area (TPSA) is 35.5 Å². The molecule has 1 aromatic rings. The summed E-state index contributed by atoms with van der Waals surface area (Å²) in [4.78, 5) is 11.8. The average molecular weight is 232 g/mol. The van der Waals surface area contributed by atoms with Gasteiger partial charge in [-0.15, -0.1) is 6.58 Å². The lowest BCUT2D eigenvalue weighted by atomic mass is 10.1. The van der Waals surface area contributed by atoms with Crippen LogP contribution in [-0.2, 0) is 14.3 Å². The monoisotopic (exact) mass is 232 g/mol. The minimum absolute atomic E-state index is 0.0166. The fourth-order valence-corrected chi connectivity index (χ4v) is 1.85. The number of carbonyl (C=O) groups is 1. The lowest BCUT2D eigenvalue weighted by Gasteiger charge is -2.32. The molecule has 0 N–H and O–H groups in total. The summed E-state index contributed by atoms with van der Waals surface area (Å²) >= 11 is 0. The molecule has 0 unspecified atom stereocenters. The molecule has 1 aliphatic heterocycles. The molecular weight excluding hydrogens is 216 g/mol. The molecule has 3 atom stereocenters. The number of rotatable bonds is 3. The normalized spacial score (nSPS) is 29.0. The fraction of sp³-hybridized carbons (Fsp3) is 0.357. The fourth-order valence-electron chi connectivity index (χ4n) is 1.85. The van der Waals surface area contributed by atoms with Crippen molar-refractivity contribution in [2.75, 3.05) is 0 Å². The molecule has 0 saturated carbocycles. The van der Waals surface area contributed by atoms with E-state index < -0.39 is 18.5 Å². The van der Waals surface area contributed by atoms with Crippen molar-refractivity contribution in [3.05, 3.63) is 48.6 Å². The Morgan fingerprint density at radius 3 is 2.65 bits per heavy atom. The standard InChI is InChI=1S/C14H16O3/c1-3-7-12-13(15)10(2)16-14(17-12)11-8-5-4-6-9-11/h3-6,8-10,12,14H,1,7H2,2H3/t10-,12+,14+/m1/s1. The van der Waals surface area contributed by atoms with Gasteiger partial charge in [0.05, 0.1) is 0 Å². The van der Waals surface area contributed by atoms with Crippen LogP contribution in [0.2, 0.25) is 0 Å². The van der Waals surface area contributed by atoms with E-state index in [1.54, 1.807) is 13.0 Å². The van der Waals surface area contributed by atoms with Gasteiger partial charge < -0.3 is 9.47 Å². The molecule has 2 rings (SSSR count). The van der Waals surface area contributed by atoms with Crippen molar-refractivity contribution in [1.82, 2.24) is 0 Å². The Morgan fingerprint density at radius 1 is 1.29 bits per heavy atom. The zero-order chi connectivity index (χ0) is 12.3. The maximum absolute atomic E-state index is 11.8. The van der Waals surface area contributed by atoms with Crippen LogP contribution in [0, 0.1) is 0 Å². The second kappa shape index (κ2) is 5.25. The first-order chi connectivity index (χ1) is 8.22. The van der Waals surface area contributed by atoms with E-state index in [1.165, 1.54) is 0 Å². The zero-order valence-electron chi connectivity index (χ0n) is 9.84. The van der Waals surface area contributed by atoms with Crippen LogP contribution in [-0.4, -0.2) is 18.0 Å². The number of carbonyl (C=O) groups excluding carboxylic acids is 1. The van der Waals surface area contributed by atoms with Crippen LogP contribution in [0.15, 0.2) is 43.0 Å². The van der Waals surface area contributed by atoms with Crippen molar-refractivity contribution >= 4 is 5.78 Å². The third-order valence-electron chi connectivity index (χ3n) is 2.79. The highest BCUT2D eigenvalue weighted by Gasteiger charge is 2.35. The van der Waals surface area contributed by atoms with Crippen molar-refractivity contribution in [3.63, 3.8) is 0 Å². The molecule has 90 valence electrons. The van der Waals surface area contributed by atoms with Crippen LogP contribution < -0.4 is 0 Å². The second-order valence-electron chi connectivity index (χ2n) is 4.07. The van der Waals surface area contributed by atoms with E-state index >= 15 is 0 Å². The summed E-state index contributed by atoms with van der Waals surface area (Å²) in [6.45, 7) is 5.40. The molecule has 3 nitrogen and oxygen atoms in total. The lowest BCUT2D eigenvalue weighted by Crippen LogP contribution is -2.41. The summed E-state index contributed by atoms with van der Waals surface area (Å²) in [6.07, 6.45) is 0.882. The molecule has 17 heavy (non-hydrogen) atoms. The summed E-state index contributed by atoms with van der Waals surface area (Å²) in [5, 5.41) is 0. The van der Waals surface area contributed by atoms with Crippen LogP contribution in [0.1, 0.15) is 25.2 Å². The minimum atomic E-state index is -0.464. The Morgan fingerprint density at radius 2 is 2.00 bits per heavy atom. The van der Waals surface area contributed by atoms with Crippen LogP contribution in [0.4, 0.5) is 0 Å². The Balaban J connectivity index is 2.15. The van der Waals surface area contributed by atoms with Gasteiger partial charge in [-0.25, -0.2) is 0 Å². The zero-order valence-corrected chi connectivity index (χ0v) is 9.84. The quantitative estimate of drug-likeness (QED) is 0.751. The van der Waals surface area contributed by atoms with Gasteiger partial charge in [-0.1, -0.05) is 36.4 Å². The number of benzene rings is 1. The number of ketones is 1. The van der Waals surface area contributed by atoms with Gasteiger partial charge in [0, 0.05) is 5.56 Å². The number of hydrogen-bond acceptors (Lipinski definition) is 3. The van der Waals surface area contributed by atoms with Gasteiger partial charge in [0.2, 0.25) is 0 Å². The molecule has 1 aliphatic rings. The molecule has 3 heteroatoms. The van der Waals surface area contributed by atoms with E-state index in [0.717, 1.165) is 5.56 Å². The molecular formula is C14H16O3. The van der Waals surface area contributed by atoms with Gasteiger partial charge in [-0.3, -0.25) is 4.79 Å². The Bertz CT molecular complexity index is 399. The van der Waals surface area contributed by atoms with Gasteiger partial charge >= 0.3 is 0 Å². The van der Waals surface area contributed by atoms with Crippen molar-refractivity contribution in [3.8, 4) is 0 Å². The molecule has 0 bridgehead atoms. The van der Waals surface area contributed by atoms with E-state index in [9.17, 15) is 4.79 Å². The van der Waals surface area contributed by atoms with E-state index in [2.05, 4.69) is 6.58 Å². The largest absolute Gasteiger partial charge is 0.337 e. The number of ether oxygens (including phenoxy) is 2. The Kier molecular flexibility index (Phi) is 3.71. The molecule has 1 aromatic carbocycles. The first-order valence-corrected chi connectivity index (χ1v) is 5.73. The van der Waals surface area contributed by atoms with Crippen molar-refractivity contribution in [2.45, 2.75) is 31.8 Å². The summed E-state index contributed by atoms with van der Waals surface area (Å²) in [5.41, 5.74) is 0.931. The lowest BCUT2D eigenvalue weighted by molar-refractivity contribution is -0.230. The number of hydrogen-bond donors (Lipinski definition) is 0. The summed E-state index contributed by atoms with van der Waals surface area (Å²) in [7, 11) is 0. The minimum Gasteiger partial charge on any atom is -0.337 e. The maximum Gasteiger partial charge on any atom is 0.190 e. The van der Waals surface area contributed by atoms with Gasteiger partial charge in [0.1, 0.15) is 12.2 Å². The second-order valence-corrected chi connectivity index (χ2v) is 4.07. The molecule has 1 saturated heterocycles. The highest BCUT2D eigenvalue weighted by molar-refractivity contribution is 5.87. The predicted octanol–water partition coefficient (Wildman–Crippen LogP) is 2.63. The highest BCUT2D eigenvalue weighted by Crippen LogP contribution is 2.29. The van der Waals surface area contributed by atoms with Crippen molar-refractivity contribution in [2.24, 2.45) is 0 Å². The Labute approximate surface area is 101 Å². The van der Waals surface area contributed by atoms with Gasteiger partial charge in [-0.2, -0.15) is 0 Å². The first-order valence-electron chi connectivity index (χ1n) is 5.73. The third kappa shape index (κ3) is 2.62. The van der Waals surface area contributed by atoms with Gasteiger partial charge in [0.25, 0.3) is 0 Å². The average Bonchev–Trinajstić information content (AvgIpc) is 2.36. The molecule has 0 amide bonds. The summed E-state index contributed by atoms with van der Waals surface area (Å²) in [5.74, 6) is -0.0166. The van der Waals surface area contributed by atoms with Crippen LogP contribution in [0.5, 0.6) is 0 Å². The van der Waals surface area contributed by atoms with Crippen molar-refractivity contribution in [1.29, 1.82) is 0 Å². The predicted molar refractivity (Wildman–Crippen MR) is 64.4 cm³/mol. The van der Waals surface area contributed by atoms with E-state index in [0.29, 0.717) is 6.42 Å². The van der Waals surface area contributed by atoms with Gasteiger partial charge in [-0.05, 0) is 13.3 Å². The molecule has 0 aliphatic carbocycles. The smallest absolute Gasteiger partial charge is 0.190 e. The number of Topliss-reactive ketones (excluding diaryl/α,β-unsaturated/α-hetero) is 1. The maximum atomic E-state index is 11.8. The Hall–Kier alpha value is -1.45. The van der Waals surface area contributed by atoms with Crippen LogP contribution in [0.25, 0.3) is 0 Å². The third-order valence-corrected chi connectivity index (χ3v) is 2.79. The highest BCUT2D eigenvalue weighted by atomic mass is 16.7. The van der Waals surface area contributed by atoms with Crippen LogP contribution >= 0.6 is 0 Å². The molecule has 0 spiro atoms. The SMILES string of the molecule is C=CC[C@@H]1O[C@@H](c2ccccc2)O[C@H](C)C1=O. The van der Waals surface area contributed by atoms with E-state index in [1.807, 2.05) is 30.3 Å². The molecule has 0 radical (unpaired) electrons. The van der Waals surface area contributed by atoms with Crippen LogP contribution in [0.3, 0.4) is 0 Å². The first kappa shape index (κ1) is 12.0. The van der Waals surface area contributed by atoms with Crippen molar-refractivity contribution < 1.29 is 14.3 Å². The van der Waals surface area contributed by atoms with E-state index in [-0.39, 0.29) is 5.78 Å². The summed E-state index contributed by atoms with van der Waals surface area (Å²) < 4.78 is 11.2. The van der Waals surface area contributed by atoms with E-state index in [4.69, 9.17) is 9.47 Å². The molecule has 1 fully saturated rings.